The Morgan fingerprint density at radius 2 is 1.84 bits per heavy atom. The molecule has 0 saturated carbocycles. The fourth-order valence-electron chi connectivity index (χ4n) is 3.55. The highest BCUT2D eigenvalue weighted by Gasteiger charge is 2.26. The Labute approximate surface area is 184 Å². The van der Waals surface area contributed by atoms with Crippen molar-refractivity contribution in [2.75, 3.05) is 6.79 Å². The number of hydrogen-bond acceptors (Lipinski definition) is 4. The third kappa shape index (κ3) is 6.00. The SMILES string of the molecule is CC[C@@H](C)NC(=O)[C@@H](C)N(Cc1cccc(C)c1)C(=O)CCc1ccc2c(c1)OCO2. The molecule has 3 rings (SSSR count). The molecule has 6 nitrogen and oxygen atoms in total. The molecule has 166 valence electrons. The van der Waals surface area contributed by atoms with E-state index in [0.29, 0.717) is 25.1 Å². The quantitative estimate of drug-likeness (QED) is 0.661. The van der Waals surface area contributed by atoms with Crippen LogP contribution in [0.1, 0.15) is 50.3 Å². The van der Waals surface area contributed by atoms with Crippen LogP contribution < -0.4 is 14.8 Å². The maximum absolute atomic E-state index is 13.2. The molecule has 1 aliphatic rings. The maximum atomic E-state index is 13.2. The van der Waals surface area contributed by atoms with Gasteiger partial charge in [-0.25, -0.2) is 0 Å². The summed E-state index contributed by atoms with van der Waals surface area (Å²) in [5.74, 6) is 1.26. The number of rotatable bonds is 9. The van der Waals surface area contributed by atoms with E-state index in [1.54, 1.807) is 11.8 Å². The van der Waals surface area contributed by atoms with Crippen LogP contribution in [0.3, 0.4) is 0 Å². The molecule has 2 atom stereocenters. The van der Waals surface area contributed by atoms with E-state index in [2.05, 4.69) is 11.4 Å². The highest BCUT2D eigenvalue weighted by atomic mass is 16.7. The summed E-state index contributed by atoms with van der Waals surface area (Å²) in [6, 6.07) is 13.3. The zero-order chi connectivity index (χ0) is 22.4. The Hall–Kier alpha value is -3.02. The predicted molar refractivity (Wildman–Crippen MR) is 120 cm³/mol. The van der Waals surface area contributed by atoms with Gasteiger partial charge in [0.2, 0.25) is 18.6 Å². The fraction of sp³-hybridized carbons (Fsp3) is 0.440. The van der Waals surface area contributed by atoms with Crippen LogP contribution in [0.15, 0.2) is 42.5 Å². The average molecular weight is 425 g/mol. The number of nitrogens with zero attached hydrogens (tertiary/aromatic N) is 1. The summed E-state index contributed by atoms with van der Waals surface area (Å²) < 4.78 is 10.8. The number of benzene rings is 2. The molecule has 0 unspecified atom stereocenters. The summed E-state index contributed by atoms with van der Waals surface area (Å²) in [5.41, 5.74) is 3.14. The van der Waals surface area contributed by atoms with Crippen LogP contribution in [-0.4, -0.2) is 35.6 Å². The van der Waals surface area contributed by atoms with E-state index >= 15 is 0 Å². The molecule has 2 aromatic rings. The van der Waals surface area contributed by atoms with Gasteiger partial charge in [0.15, 0.2) is 11.5 Å². The van der Waals surface area contributed by atoms with Crippen LogP contribution in [0, 0.1) is 6.92 Å². The molecule has 0 aromatic heterocycles. The Morgan fingerprint density at radius 3 is 2.58 bits per heavy atom. The summed E-state index contributed by atoms with van der Waals surface area (Å²) in [5, 5.41) is 3.00. The van der Waals surface area contributed by atoms with Crippen molar-refractivity contribution in [2.24, 2.45) is 0 Å². The van der Waals surface area contributed by atoms with Crippen LogP contribution in [-0.2, 0) is 22.6 Å². The molecule has 0 radical (unpaired) electrons. The standard InChI is InChI=1S/C25H32N2O4/c1-5-18(3)26-25(29)19(4)27(15-21-8-6-7-17(2)13-21)24(28)12-10-20-9-11-22-23(14-20)31-16-30-22/h6-9,11,13-14,18-19H,5,10,12,15-16H2,1-4H3,(H,26,29)/t18-,19-/m1/s1. The predicted octanol–water partition coefficient (Wildman–Crippen LogP) is 3.99. The minimum absolute atomic E-state index is 0.0500. The van der Waals surface area contributed by atoms with Crippen molar-refractivity contribution < 1.29 is 19.1 Å². The molecule has 31 heavy (non-hydrogen) atoms. The molecule has 0 fully saturated rings. The largest absolute Gasteiger partial charge is 0.454 e. The Balaban J connectivity index is 1.72. The molecular weight excluding hydrogens is 392 g/mol. The highest BCUT2D eigenvalue weighted by molar-refractivity contribution is 5.87. The van der Waals surface area contributed by atoms with E-state index in [-0.39, 0.29) is 24.6 Å². The molecule has 0 bridgehead atoms. The van der Waals surface area contributed by atoms with E-state index in [0.717, 1.165) is 28.9 Å². The molecule has 0 aliphatic carbocycles. The number of carbonyl (C=O) groups excluding carboxylic acids is 2. The van der Waals surface area contributed by atoms with Gasteiger partial charge in [-0.2, -0.15) is 0 Å². The monoisotopic (exact) mass is 424 g/mol. The summed E-state index contributed by atoms with van der Waals surface area (Å²) in [6.07, 6.45) is 1.72. The molecule has 6 heteroatoms. The van der Waals surface area contributed by atoms with Crippen molar-refractivity contribution in [1.29, 1.82) is 0 Å². The summed E-state index contributed by atoms with van der Waals surface area (Å²) in [7, 11) is 0. The Morgan fingerprint density at radius 1 is 1.06 bits per heavy atom. The fourth-order valence-corrected chi connectivity index (χ4v) is 3.55. The van der Waals surface area contributed by atoms with Crippen LogP contribution >= 0.6 is 0 Å². The van der Waals surface area contributed by atoms with E-state index in [4.69, 9.17) is 9.47 Å². The lowest BCUT2D eigenvalue weighted by Crippen LogP contribution is -2.49. The molecule has 1 N–H and O–H groups in total. The second-order valence-corrected chi connectivity index (χ2v) is 8.19. The van der Waals surface area contributed by atoms with Crippen molar-refractivity contribution in [1.82, 2.24) is 10.2 Å². The van der Waals surface area contributed by atoms with Crippen LogP contribution in [0.25, 0.3) is 0 Å². The zero-order valence-corrected chi connectivity index (χ0v) is 18.8. The molecule has 0 saturated heterocycles. The second kappa shape index (κ2) is 10.3. The van der Waals surface area contributed by atoms with Crippen molar-refractivity contribution in [3.05, 3.63) is 59.2 Å². The van der Waals surface area contributed by atoms with Gasteiger partial charge in [0.1, 0.15) is 6.04 Å². The van der Waals surface area contributed by atoms with Crippen molar-refractivity contribution in [3.63, 3.8) is 0 Å². The van der Waals surface area contributed by atoms with Crippen molar-refractivity contribution in [2.45, 2.75) is 65.6 Å². The second-order valence-electron chi connectivity index (χ2n) is 8.19. The van der Waals surface area contributed by atoms with E-state index in [1.165, 1.54) is 0 Å². The van der Waals surface area contributed by atoms with E-state index in [9.17, 15) is 9.59 Å². The van der Waals surface area contributed by atoms with Crippen LogP contribution in [0.2, 0.25) is 0 Å². The van der Waals surface area contributed by atoms with Gasteiger partial charge < -0.3 is 19.7 Å². The van der Waals surface area contributed by atoms with Gasteiger partial charge in [-0.15, -0.1) is 0 Å². The number of aryl methyl sites for hydroxylation is 2. The van der Waals surface area contributed by atoms with Gasteiger partial charge in [0.05, 0.1) is 0 Å². The van der Waals surface area contributed by atoms with Gasteiger partial charge in [0, 0.05) is 19.0 Å². The molecule has 2 amide bonds. The van der Waals surface area contributed by atoms with Crippen molar-refractivity contribution >= 4 is 11.8 Å². The third-order valence-electron chi connectivity index (χ3n) is 5.67. The summed E-state index contributed by atoms with van der Waals surface area (Å²) in [4.78, 5) is 27.7. The first-order valence-electron chi connectivity index (χ1n) is 10.9. The lowest BCUT2D eigenvalue weighted by atomic mass is 10.1. The van der Waals surface area contributed by atoms with Gasteiger partial charge in [-0.1, -0.05) is 42.8 Å². The number of hydrogen-bond donors (Lipinski definition) is 1. The van der Waals surface area contributed by atoms with Crippen LogP contribution in [0.4, 0.5) is 0 Å². The third-order valence-corrected chi connectivity index (χ3v) is 5.67. The Bertz CT molecular complexity index is 927. The van der Waals surface area contributed by atoms with Gasteiger partial charge in [-0.05, 0) is 56.9 Å². The molecule has 1 aliphatic heterocycles. The first kappa shape index (κ1) is 22.7. The Kier molecular flexibility index (Phi) is 7.55. The van der Waals surface area contributed by atoms with Gasteiger partial charge in [-0.3, -0.25) is 9.59 Å². The highest BCUT2D eigenvalue weighted by Crippen LogP contribution is 2.32. The summed E-state index contributed by atoms with van der Waals surface area (Å²) >= 11 is 0. The number of nitrogens with one attached hydrogen (secondary N) is 1. The summed E-state index contributed by atoms with van der Waals surface area (Å²) in [6.45, 7) is 8.44. The molecular formula is C25H32N2O4. The normalized spacial score (nSPS) is 14.1. The van der Waals surface area contributed by atoms with Gasteiger partial charge in [0.25, 0.3) is 0 Å². The minimum atomic E-state index is -0.557. The molecule has 2 aromatic carbocycles. The lowest BCUT2D eigenvalue weighted by molar-refractivity contribution is -0.140. The van der Waals surface area contributed by atoms with Crippen LogP contribution in [0.5, 0.6) is 11.5 Å². The lowest BCUT2D eigenvalue weighted by Gasteiger charge is -2.30. The van der Waals surface area contributed by atoms with Gasteiger partial charge >= 0.3 is 0 Å². The maximum Gasteiger partial charge on any atom is 0.242 e. The molecule has 0 spiro atoms. The van der Waals surface area contributed by atoms with E-state index < -0.39 is 6.04 Å². The topological polar surface area (TPSA) is 67.9 Å². The minimum Gasteiger partial charge on any atom is -0.454 e. The number of carbonyl (C=O) groups is 2. The molecule has 1 heterocycles. The first-order chi connectivity index (χ1) is 14.9. The van der Waals surface area contributed by atoms with E-state index in [1.807, 2.05) is 57.2 Å². The smallest absolute Gasteiger partial charge is 0.242 e. The number of amides is 2. The number of ether oxygens (including phenoxy) is 2. The number of fused-ring (bicyclic) bond motifs is 1. The zero-order valence-electron chi connectivity index (χ0n) is 18.8. The van der Waals surface area contributed by atoms with Crippen molar-refractivity contribution in [3.8, 4) is 11.5 Å². The average Bonchev–Trinajstić information content (AvgIpc) is 3.23. The first-order valence-corrected chi connectivity index (χ1v) is 10.9.